The Morgan fingerprint density at radius 3 is 2.67 bits per heavy atom. The lowest BCUT2D eigenvalue weighted by Gasteiger charge is -2.15. The molecule has 1 amide bonds. The maximum absolute atomic E-state index is 11.3. The van der Waals surface area contributed by atoms with Gasteiger partial charge in [0.1, 0.15) is 0 Å². The lowest BCUT2D eigenvalue weighted by Crippen LogP contribution is -2.35. The van der Waals surface area contributed by atoms with Gasteiger partial charge in [0.2, 0.25) is 0 Å². The topological polar surface area (TPSA) is 64.3 Å². The molecule has 15 heavy (non-hydrogen) atoms. The second-order valence-corrected chi connectivity index (χ2v) is 3.63. The summed E-state index contributed by atoms with van der Waals surface area (Å²) in [6.45, 7) is 0. The first-order chi connectivity index (χ1) is 7.10. The van der Waals surface area contributed by atoms with Gasteiger partial charge < -0.3 is 4.74 Å². The van der Waals surface area contributed by atoms with Crippen LogP contribution in [0.2, 0.25) is 10.0 Å². The summed E-state index contributed by atoms with van der Waals surface area (Å²) in [5.74, 6) is 4.55. The zero-order valence-electron chi connectivity index (χ0n) is 7.96. The monoisotopic (exact) mass is 248 g/mol. The maximum atomic E-state index is 11.3. The van der Waals surface area contributed by atoms with Gasteiger partial charge in [-0.25, -0.2) is 5.84 Å². The van der Waals surface area contributed by atoms with Gasteiger partial charge in [-0.3, -0.25) is 10.2 Å². The Balaban J connectivity index is 3.07. The molecule has 0 fully saturated rings. The highest BCUT2D eigenvalue weighted by molar-refractivity contribution is 6.35. The number of methoxy groups -OCH3 is 1. The second-order valence-electron chi connectivity index (χ2n) is 2.79. The van der Waals surface area contributed by atoms with Gasteiger partial charge in [-0.2, -0.15) is 0 Å². The molecule has 0 aliphatic heterocycles. The van der Waals surface area contributed by atoms with E-state index >= 15 is 0 Å². The van der Waals surface area contributed by atoms with Crippen LogP contribution in [-0.4, -0.2) is 13.0 Å². The number of carbonyl (C=O) groups is 1. The van der Waals surface area contributed by atoms with Gasteiger partial charge in [0.15, 0.2) is 6.10 Å². The molecule has 1 aromatic carbocycles. The largest absolute Gasteiger partial charge is 0.367 e. The van der Waals surface area contributed by atoms with Gasteiger partial charge in [-0.05, 0) is 12.1 Å². The number of halogens is 2. The van der Waals surface area contributed by atoms with E-state index in [1.54, 1.807) is 12.1 Å². The Morgan fingerprint density at radius 2 is 2.20 bits per heavy atom. The Bertz CT molecular complexity index is 371. The first-order valence-corrected chi connectivity index (χ1v) is 4.84. The molecule has 82 valence electrons. The molecular formula is C9H10Cl2N2O2. The van der Waals surface area contributed by atoms with Gasteiger partial charge >= 0.3 is 0 Å². The number of ether oxygens (including phenoxy) is 1. The molecule has 1 atom stereocenters. The summed E-state index contributed by atoms with van der Waals surface area (Å²) in [6, 6.07) is 4.78. The molecule has 1 rings (SSSR count). The van der Waals surface area contributed by atoms with E-state index in [2.05, 4.69) is 0 Å². The molecule has 4 nitrogen and oxygen atoms in total. The third-order valence-corrected chi connectivity index (χ3v) is 2.42. The van der Waals surface area contributed by atoms with Crippen molar-refractivity contribution in [3.8, 4) is 0 Å². The molecule has 0 bridgehead atoms. The van der Waals surface area contributed by atoms with Crippen molar-refractivity contribution in [3.63, 3.8) is 0 Å². The van der Waals surface area contributed by atoms with E-state index in [1.807, 2.05) is 5.43 Å². The molecule has 1 aromatic rings. The highest BCUT2D eigenvalue weighted by atomic mass is 35.5. The van der Waals surface area contributed by atoms with E-state index < -0.39 is 12.0 Å². The van der Waals surface area contributed by atoms with Crippen molar-refractivity contribution in [3.05, 3.63) is 33.8 Å². The van der Waals surface area contributed by atoms with Crippen LogP contribution in [0.4, 0.5) is 0 Å². The number of nitrogens with two attached hydrogens (primary N) is 1. The summed E-state index contributed by atoms with van der Waals surface area (Å²) in [5.41, 5.74) is 2.52. The number of nitrogens with one attached hydrogen (secondary N) is 1. The zero-order chi connectivity index (χ0) is 11.4. The van der Waals surface area contributed by atoms with Crippen LogP contribution in [-0.2, 0) is 9.53 Å². The van der Waals surface area contributed by atoms with E-state index in [4.69, 9.17) is 33.8 Å². The van der Waals surface area contributed by atoms with Crippen molar-refractivity contribution in [2.24, 2.45) is 5.84 Å². The first kappa shape index (κ1) is 12.3. The van der Waals surface area contributed by atoms with Crippen LogP contribution >= 0.6 is 23.2 Å². The fourth-order valence-electron chi connectivity index (χ4n) is 1.17. The van der Waals surface area contributed by atoms with Gasteiger partial charge in [0, 0.05) is 22.7 Å². The lowest BCUT2D eigenvalue weighted by molar-refractivity contribution is -0.131. The molecule has 0 aromatic heterocycles. The average Bonchev–Trinajstić information content (AvgIpc) is 2.21. The molecule has 0 saturated heterocycles. The summed E-state index contributed by atoms with van der Waals surface area (Å²) in [5, 5.41) is 0.852. The van der Waals surface area contributed by atoms with Crippen molar-refractivity contribution in [1.82, 2.24) is 5.43 Å². The predicted octanol–water partition coefficient (Wildman–Crippen LogP) is 1.67. The molecule has 3 N–H and O–H groups in total. The molecular weight excluding hydrogens is 239 g/mol. The van der Waals surface area contributed by atoms with Crippen molar-refractivity contribution in [2.75, 3.05) is 7.11 Å². The van der Waals surface area contributed by atoms with Crippen molar-refractivity contribution < 1.29 is 9.53 Å². The zero-order valence-corrected chi connectivity index (χ0v) is 9.47. The molecule has 0 heterocycles. The van der Waals surface area contributed by atoms with Crippen LogP contribution in [0.1, 0.15) is 11.7 Å². The van der Waals surface area contributed by atoms with E-state index in [0.29, 0.717) is 15.6 Å². The number of amides is 1. The molecule has 0 saturated carbocycles. The third-order valence-electron chi connectivity index (χ3n) is 1.86. The number of carbonyl (C=O) groups excluding carboxylic acids is 1. The van der Waals surface area contributed by atoms with Gasteiger partial charge in [0.25, 0.3) is 5.91 Å². The van der Waals surface area contributed by atoms with Gasteiger partial charge in [-0.15, -0.1) is 0 Å². The summed E-state index contributed by atoms with van der Waals surface area (Å²) in [6.07, 6.45) is -0.834. The van der Waals surface area contributed by atoms with Crippen LogP contribution < -0.4 is 11.3 Å². The number of hydrazine groups is 1. The van der Waals surface area contributed by atoms with Crippen LogP contribution in [0, 0.1) is 0 Å². The molecule has 0 aliphatic carbocycles. The van der Waals surface area contributed by atoms with Crippen molar-refractivity contribution in [2.45, 2.75) is 6.10 Å². The summed E-state index contributed by atoms with van der Waals surface area (Å²) < 4.78 is 4.99. The van der Waals surface area contributed by atoms with Gasteiger partial charge in [0.05, 0.1) is 0 Å². The number of hydrogen-bond donors (Lipinski definition) is 2. The number of rotatable bonds is 3. The quantitative estimate of drug-likeness (QED) is 0.486. The normalized spacial score (nSPS) is 12.3. The second kappa shape index (κ2) is 5.32. The van der Waals surface area contributed by atoms with E-state index in [0.717, 1.165) is 0 Å². The Kier molecular flexibility index (Phi) is 4.35. The lowest BCUT2D eigenvalue weighted by atomic mass is 10.1. The van der Waals surface area contributed by atoms with Crippen molar-refractivity contribution >= 4 is 29.1 Å². The standard InChI is InChI=1S/C9H10Cl2N2O2/c1-15-8(9(14)13-12)6-3-2-5(10)4-7(6)11/h2-4,8H,12H2,1H3,(H,13,14). The number of benzene rings is 1. The third kappa shape index (κ3) is 2.82. The van der Waals surface area contributed by atoms with Gasteiger partial charge in [-0.1, -0.05) is 29.3 Å². The van der Waals surface area contributed by atoms with Crippen LogP contribution in [0.25, 0.3) is 0 Å². The summed E-state index contributed by atoms with van der Waals surface area (Å²) >= 11 is 11.6. The molecule has 0 spiro atoms. The summed E-state index contributed by atoms with van der Waals surface area (Å²) in [7, 11) is 1.39. The molecule has 0 radical (unpaired) electrons. The number of hydrogen-bond acceptors (Lipinski definition) is 3. The smallest absolute Gasteiger partial charge is 0.267 e. The minimum Gasteiger partial charge on any atom is -0.367 e. The Hall–Kier alpha value is -0.810. The fourth-order valence-corrected chi connectivity index (χ4v) is 1.67. The molecule has 6 heteroatoms. The van der Waals surface area contributed by atoms with E-state index in [-0.39, 0.29) is 0 Å². The highest BCUT2D eigenvalue weighted by Crippen LogP contribution is 2.27. The first-order valence-electron chi connectivity index (χ1n) is 4.08. The minimum atomic E-state index is -0.834. The predicted molar refractivity (Wildman–Crippen MR) is 58.5 cm³/mol. The van der Waals surface area contributed by atoms with Crippen LogP contribution in [0.5, 0.6) is 0 Å². The van der Waals surface area contributed by atoms with E-state index in [1.165, 1.54) is 13.2 Å². The van der Waals surface area contributed by atoms with Crippen LogP contribution in [0.3, 0.4) is 0 Å². The highest BCUT2D eigenvalue weighted by Gasteiger charge is 2.21. The SMILES string of the molecule is COC(C(=O)NN)c1ccc(Cl)cc1Cl. The molecule has 0 aliphatic rings. The minimum absolute atomic E-state index is 0.359. The van der Waals surface area contributed by atoms with Crippen LogP contribution in [0.15, 0.2) is 18.2 Å². The average molecular weight is 249 g/mol. The van der Waals surface area contributed by atoms with E-state index in [9.17, 15) is 4.79 Å². The van der Waals surface area contributed by atoms with Crippen molar-refractivity contribution in [1.29, 1.82) is 0 Å². The maximum Gasteiger partial charge on any atom is 0.267 e. The fraction of sp³-hybridized carbons (Fsp3) is 0.222. The Labute approximate surface area is 97.3 Å². The molecule has 1 unspecified atom stereocenters. The summed E-state index contributed by atoms with van der Waals surface area (Å²) in [4.78, 5) is 11.3. The Morgan fingerprint density at radius 1 is 1.53 bits per heavy atom.